The van der Waals surface area contributed by atoms with Crippen LogP contribution in [-0.4, -0.2) is 41.3 Å². The Labute approximate surface area is 94.1 Å². The fraction of sp³-hybridized carbons (Fsp3) is 1.00. The van der Waals surface area contributed by atoms with Crippen molar-refractivity contribution in [2.45, 2.75) is 38.3 Å². The lowest BCUT2D eigenvalue weighted by Crippen LogP contribution is -2.48. The van der Waals surface area contributed by atoms with Crippen LogP contribution in [0.5, 0.6) is 0 Å². The van der Waals surface area contributed by atoms with Gasteiger partial charge in [-0.3, -0.25) is 0 Å². The van der Waals surface area contributed by atoms with Crippen LogP contribution in [0, 0.1) is 0 Å². The van der Waals surface area contributed by atoms with Crippen LogP contribution in [0.25, 0.3) is 0 Å². The van der Waals surface area contributed by atoms with Gasteiger partial charge in [-0.05, 0) is 26.7 Å². The molecule has 4 heteroatoms. The van der Waals surface area contributed by atoms with Crippen molar-refractivity contribution < 1.29 is 8.17 Å². The molecule has 1 heterocycles. The predicted molar refractivity (Wildman–Crippen MR) is 60.9 cm³/mol. The first-order valence-corrected chi connectivity index (χ1v) is 5.65. The molecule has 3 nitrogen and oxygen atoms in total. The maximum Gasteiger partial charge on any atom is 0.109 e. The highest BCUT2D eigenvalue weighted by atomic mass is 127. The number of rotatable bonds is 3. The smallest absolute Gasteiger partial charge is 0.109 e. The van der Waals surface area contributed by atoms with E-state index >= 15 is 0 Å². The molecule has 1 aliphatic rings. The average molecular weight is 299 g/mol. The molecule has 0 aromatic rings. The normalized spacial score (nSPS) is 23.8. The summed E-state index contributed by atoms with van der Waals surface area (Å²) >= 11 is 1.84. The van der Waals surface area contributed by atoms with Gasteiger partial charge in [-0.15, -0.1) is 0 Å². The van der Waals surface area contributed by atoms with E-state index in [2.05, 4.69) is 18.7 Å². The second kappa shape index (κ2) is 4.91. The monoisotopic (exact) mass is 299 g/mol. The van der Waals surface area contributed by atoms with Crippen LogP contribution in [0.3, 0.4) is 0 Å². The first kappa shape index (κ1) is 11.7. The van der Waals surface area contributed by atoms with E-state index in [-0.39, 0.29) is 0 Å². The average Bonchev–Trinajstić information content (AvgIpc) is 2.05. The van der Waals surface area contributed by atoms with E-state index in [1.54, 1.807) is 0 Å². The van der Waals surface area contributed by atoms with Crippen molar-refractivity contribution in [1.29, 1.82) is 0 Å². The molecule has 0 amide bonds. The Bertz CT molecular complexity index is 156. The third-order valence-corrected chi connectivity index (χ3v) is 3.09. The molecule has 1 rings (SSSR count). The molecule has 0 saturated carbocycles. The van der Waals surface area contributed by atoms with Gasteiger partial charge in [-0.1, -0.05) is 0 Å². The molecule has 0 unspecified atom stereocenters. The van der Waals surface area contributed by atoms with Gasteiger partial charge in [0.2, 0.25) is 0 Å². The van der Waals surface area contributed by atoms with Crippen LogP contribution in [-0.2, 0) is 3.07 Å². The lowest BCUT2D eigenvalue weighted by molar-refractivity contribution is -0.0487. The predicted octanol–water partition coefficient (Wildman–Crippen LogP) is 1.59. The molecule has 1 N–H and O–H groups in total. The second-order valence-corrected chi connectivity index (χ2v) is 4.73. The van der Waals surface area contributed by atoms with Crippen molar-refractivity contribution in [2.75, 3.05) is 19.7 Å². The van der Waals surface area contributed by atoms with Crippen molar-refractivity contribution in [3.8, 4) is 0 Å². The SMILES string of the molecule is CC(C)N1CCC(O)(COI)CC1. The molecule has 0 aromatic heterocycles. The molecular weight excluding hydrogens is 281 g/mol. The summed E-state index contributed by atoms with van der Waals surface area (Å²) in [6.45, 7) is 6.81. The van der Waals surface area contributed by atoms with Gasteiger partial charge in [0.15, 0.2) is 0 Å². The van der Waals surface area contributed by atoms with Crippen LogP contribution in [0.15, 0.2) is 0 Å². The molecule has 0 aliphatic carbocycles. The highest BCUT2D eigenvalue weighted by Gasteiger charge is 2.32. The summed E-state index contributed by atoms with van der Waals surface area (Å²) in [6, 6.07) is 0.588. The van der Waals surface area contributed by atoms with Gasteiger partial charge in [0.05, 0.1) is 12.2 Å². The molecule has 1 saturated heterocycles. The fourth-order valence-corrected chi connectivity index (χ4v) is 2.28. The number of nitrogens with zero attached hydrogens (tertiary/aromatic N) is 1. The van der Waals surface area contributed by atoms with E-state index in [0.29, 0.717) is 12.6 Å². The molecule has 0 aromatic carbocycles. The summed E-state index contributed by atoms with van der Waals surface area (Å²) in [4.78, 5) is 2.39. The van der Waals surface area contributed by atoms with Gasteiger partial charge in [0.25, 0.3) is 0 Å². The highest BCUT2D eigenvalue weighted by molar-refractivity contribution is 14.1. The summed E-state index contributed by atoms with van der Waals surface area (Å²) in [6.07, 6.45) is 1.66. The number of likely N-dealkylation sites (tertiary alicyclic amines) is 1. The van der Waals surface area contributed by atoms with Gasteiger partial charge in [-0.25, -0.2) is 0 Å². The third kappa shape index (κ3) is 3.34. The van der Waals surface area contributed by atoms with Gasteiger partial charge >= 0.3 is 0 Å². The highest BCUT2D eigenvalue weighted by Crippen LogP contribution is 2.24. The maximum atomic E-state index is 10.0. The topological polar surface area (TPSA) is 32.7 Å². The molecule has 78 valence electrons. The fourth-order valence-electron chi connectivity index (χ4n) is 1.70. The van der Waals surface area contributed by atoms with Gasteiger partial charge in [0, 0.05) is 19.1 Å². The molecular formula is C9H18INO2. The number of hydrogen-bond donors (Lipinski definition) is 1. The minimum absolute atomic E-state index is 0.458. The molecule has 0 radical (unpaired) electrons. The largest absolute Gasteiger partial charge is 0.387 e. The van der Waals surface area contributed by atoms with Crippen LogP contribution < -0.4 is 0 Å². The van der Waals surface area contributed by atoms with Crippen molar-refractivity contribution in [1.82, 2.24) is 4.90 Å². The molecule has 1 fully saturated rings. The molecule has 1 aliphatic heterocycles. The second-order valence-electron chi connectivity index (χ2n) is 4.11. The first-order valence-electron chi connectivity index (χ1n) is 4.77. The first-order chi connectivity index (χ1) is 6.07. The van der Waals surface area contributed by atoms with Gasteiger partial charge in [0.1, 0.15) is 23.0 Å². The Morgan fingerprint density at radius 1 is 1.46 bits per heavy atom. The van der Waals surface area contributed by atoms with Gasteiger partial charge < -0.3 is 13.1 Å². The molecule has 0 atom stereocenters. The number of hydrogen-bond acceptors (Lipinski definition) is 3. The lowest BCUT2D eigenvalue weighted by Gasteiger charge is -2.39. The van der Waals surface area contributed by atoms with Crippen LogP contribution in [0.1, 0.15) is 26.7 Å². The summed E-state index contributed by atoms with van der Waals surface area (Å²) in [5.74, 6) is 0. The molecule has 0 bridgehead atoms. The van der Waals surface area contributed by atoms with E-state index < -0.39 is 5.60 Å². The van der Waals surface area contributed by atoms with Gasteiger partial charge in [-0.2, -0.15) is 0 Å². The summed E-state index contributed by atoms with van der Waals surface area (Å²) in [7, 11) is 0. The summed E-state index contributed by atoms with van der Waals surface area (Å²) < 4.78 is 4.98. The van der Waals surface area contributed by atoms with E-state index in [9.17, 15) is 5.11 Å². The van der Waals surface area contributed by atoms with E-state index in [1.165, 1.54) is 0 Å². The van der Waals surface area contributed by atoms with Crippen molar-refractivity contribution in [2.24, 2.45) is 0 Å². The Morgan fingerprint density at radius 2 is 2.00 bits per heavy atom. The number of aliphatic hydroxyl groups is 1. The Hall–Kier alpha value is 0.610. The zero-order valence-electron chi connectivity index (χ0n) is 8.29. The third-order valence-electron chi connectivity index (χ3n) is 2.78. The zero-order chi connectivity index (χ0) is 9.90. The van der Waals surface area contributed by atoms with Crippen molar-refractivity contribution in [3.05, 3.63) is 0 Å². The summed E-state index contributed by atoms with van der Waals surface area (Å²) in [5.41, 5.74) is -0.577. The van der Waals surface area contributed by atoms with Crippen LogP contribution >= 0.6 is 23.0 Å². The van der Waals surface area contributed by atoms with Crippen LogP contribution in [0.4, 0.5) is 0 Å². The maximum absolute atomic E-state index is 10.0. The number of piperidine rings is 1. The Kier molecular flexibility index (Phi) is 4.41. The van der Waals surface area contributed by atoms with Crippen molar-refractivity contribution >= 4 is 23.0 Å². The minimum Gasteiger partial charge on any atom is -0.387 e. The standard InChI is InChI=1S/C9H18INO2/c1-8(2)11-5-3-9(12,4-6-11)7-13-10/h8,12H,3-7H2,1-2H3. The van der Waals surface area contributed by atoms with E-state index in [1.807, 2.05) is 23.0 Å². The quantitative estimate of drug-likeness (QED) is 0.803. The zero-order valence-corrected chi connectivity index (χ0v) is 10.5. The lowest BCUT2D eigenvalue weighted by atomic mass is 9.92. The minimum atomic E-state index is -0.577. The molecule has 13 heavy (non-hydrogen) atoms. The summed E-state index contributed by atoms with van der Waals surface area (Å²) in [5, 5.41) is 10.0. The Morgan fingerprint density at radius 3 is 2.38 bits per heavy atom. The van der Waals surface area contributed by atoms with E-state index in [4.69, 9.17) is 3.07 Å². The number of halogens is 1. The molecule has 0 spiro atoms. The van der Waals surface area contributed by atoms with Crippen molar-refractivity contribution in [3.63, 3.8) is 0 Å². The van der Waals surface area contributed by atoms with E-state index in [0.717, 1.165) is 25.9 Å². The van der Waals surface area contributed by atoms with Crippen LogP contribution in [0.2, 0.25) is 0 Å². The Balaban J connectivity index is 2.37.